The van der Waals surface area contributed by atoms with Crippen molar-refractivity contribution in [1.29, 1.82) is 0 Å². The second-order valence-electron chi connectivity index (χ2n) is 8.84. The first-order chi connectivity index (χ1) is 13.3. The molecular formula is C24H31NO2. The summed E-state index contributed by atoms with van der Waals surface area (Å²) < 4.78 is 11.4. The Balaban J connectivity index is 1.25. The Morgan fingerprint density at radius 3 is 2.59 bits per heavy atom. The first-order valence-electron chi connectivity index (χ1n) is 10.7. The van der Waals surface area contributed by atoms with Crippen LogP contribution in [0.5, 0.6) is 5.75 Å². The van der Waals surface area contributed by atoms with Crippen LogP contribution in [0.3, 0.4) is 0 Å². The van der Waals surface area contributed by atoms with Crippen molar-refractivity contribution in [2.45, 2.75) is 63.2 Å². The highest BCUT2D eigenvalue weighted by atomic mass is 16.5. The normalized spacial score (nSPS) is 31.3. The minimum atomic E-state index is 0.548. The van der Waals surface area contributed by atoms with Gasteiger partial charge in [0.25, 0.3) is 0 Å². The van der Waals surface area contributed by atoms with E-state index in [1.807, 2.05) is 0 Å². The fraction of sp³-hybridized carbons (Fsp3) is 0.583. The maximum absolute atomic E-state index is 6.06. The fourth-order valence-electron chi connectivity index (χ4n) is 5.58. The number of piperidine rings is 1. The Labute approximate surface area is 162 Å². The van der Waals surface area contributed by atoms with Gasteiger partial charge in [-0.05, 0) is 85.9 Å². The summed E-state index contributed by atoms with van der Waals surface area (Å²) in [6.45, 7) is 2.56. The molecule has 0 N–H and O–H groups in total. The van der Waals surface area contributed by atoms with Gasteiger partial charge in [-0.1, -0.05) is 24.3 Å². The molecule has 0 saturated carbocycles. The first-order valence-corrected chi connectivity index (χ1v) is 10.7. The van der Waals surface area contributed by atoms with E-state index < -0.39 is 0 Å². The predicted octanol–water partition coefficient (Wildman–Crippen LogP) is 4.81. The topological polar surface area (TPSA) is 21.7 Å². The molecule has 3 aliphatic rings. The molecule has 2 aromatic carbocycles. The molecule has 0 spiro atoms. The van der Waals surface area contributed by atoms with E-state index in [2.05, 4.69) is 41.3 Å². The summed E-state index contributed by atoms with van der Waals surface area (Å²) >= 11 is 0. The zero-order valence-corrected chi connectivity index (χ0v) is 16.4. The van der Waals surface area contributed by atoms with Crippen LogP contribution in [-0.4, -0.2) is 43.3 Å². The van der Waals surface area contributed by atoms with Crippen LogP contribution in [0.4, 0.5) is 0 Å². The molecule has 5 rings (SSSR count). The van der Waals surface area contributed by atoms with Crippen molar-refractivity contribution >= 4 is 10.8 Å². The van der Waals surface area contributed by atoms with Crippen molar-refractivity contribution in [2.24, 2.45) is 5.92 Å². The first kappa shape index (κ1) is 17.5. The van der Waals surface area contributed by atoms with Crippen molar-refractivity contribution in [3.8, 4) is 5.75 Å². The van der Waals surface area contributed by atoms with Gasteiger partial charge in [-0.15, -0.1) is 0 Å². The van der Waals surface area contributed by atoms with Crippen molar-refractivity contribution < 1.29 is 9.47 Å². The molecule has 2 aromatic rings. The summed E-state index contributed by atoms with van der Waals surface area (Å²) in [5, 5.41) is 2.59. The number of fused-ring (bicyclic) bond motifs is 3. The van der Waals surface area contributed by atoms with Gasteiger partial charge >= 0.3 is 0 Å². The summed E-state index contributed by atoms with van der Waals surface area (Å²) in [7, 11) is 1.73. The van der Waals surface area contributed by atoms with E-state index in [0.717, 1.165) is 17.7 Å². The Bertz CT molecular complexity index is 792. The molecule has 3 unspecified atom stereocenters. The average molecular weight is 366 g/mol. The maximum atomic E-state index is 6.06. The molecule has 0 aliphatic carbocycles. The highest BCUT2D eigenvalue weighted by Crippen LogP contribution is 2.36. The molecule has 3 heteroatoms. The monoisotopic (exact) mass is 365 g/mol. The number of methoxy groups -OCH3 is 1. The van der Waals surface area contributed by atoms with E-state index in [4.69, 9.17) is 9.47 Å². The molecule has 27 heavy (non-hydrogen) atoms. The molecule has 0 radical (unpaired) electrons. The highest BCUT2D eigenvalue weighted by molar-refractivity contribution is 5.84. The van der Waals surface area contributed by atoms with E-state index >= 15 is 0 Å². The predicted molar refractivity (Wildman–Crippen MR) is 109 cm³/mol. The van der Waals surface area contributed by atoms with Crippen LogP contribution in [0.2, 0.25) is 0 Å². The number of hydrogen-bond acceptors (Lipinski definition) is 3. The standard InChI is InChI=1S/C24H31NO2/c1-26-22-7-6-19-12-17(4-5-20(19)13-22)11-18-3-2-10-25(16-18)21-14-23-8-9-24(15-21)27-23/h4-7,12-13,18,21,23-24H,2-3,8-11,14-16H2,1H3. The maximum Gasteiger partial charge on any atom is 0.119 e. The fourth-order valence-corrected chi connectivity index (χ4v) is 5.58. The molecular weight excluding hydrogens is 334 g/mol. The number of likely N-dealkylation sites (tertiary alicyclic amines) is 1. The third-order valence-corrected chi connectivity index (χ3v) is 6.97. The van der Waals surface area contributed by atoms with Gasteiger partial charge in [-0.2, -0.15) is 0 Å². The Kier molecular flexibility index (Phi) is 4.83. The van der Waals surface area contributed by atoms with Gasteiger partial charge in [-0.25, -0.2) is 0 Å². The van der Waals surface area contributed by atoms with Crippen LogP contribution >= 0.6 is 0 Å². The van der Waals surface area contributed by atoms with Crippen LogP contribution in [0.1, 0.15) is 44.1 Å². The van der Waals surface area contributed by atoms with E-state index in [1.165, 1.54) is 74.4 Å². The lowest BCUT2D eigenvalue weighted by Gasteiger charge is -2.41. The summed E-state index contributed by atoms with van der Waals surface area (Å²) in [4.78, 5) is 2.80. The number of ether oxygens (including phenoxy) is 2. The van der Waals surface area contributed by atoms with Crippen molar-refractivity contribution in [2.75, 3.05) is 20.2 Å². The molecule has 2 bridgehead atoms. The Morgan fingerprint density at radius 1 is 1.00 bits per heavy atom. The molecule has 3 aliphatic heterocycles. The number of benzene rings is 2. The second-order valence-corrected chi connectivity index (χ2v) is 8.84. The van der Waals surface area contributed by atoms with Gasteiger partial charge in [-0.3, -0.25) is 4.90 Å². The van der Waals surface area contributed by atoms with Gasteiger partial charge in [0, 0.05) is 12.6 Å². The molecule has 3 nitrogen and oxygen atoms in total. The SMILES string of the molecule is COc1ccc2cc(CC3CCCN(C4CC5CCC(C4)O5)C3)ccc2c1. The lowest BCUT2D eigenvalue weighted by Crippen LogP contribution is -2.47. The van der Waals surface area contributed by atoms with Crippen LogP contribution in [0.15, 0.2) is 36.4 Å². The van der Waals surface area contributed by atoms with Gasteiger partial charge in [0.1, 0.15) is 5.75 Å². The number of hydrogen-bond donors (Lipinski definition) is 0. The molecule has 3 atom stereocenters. The summed E-state index contributed by atoms with van der Waals surface area (Å²) in [5.74, 6) is 1.72. The van der Waals surface area contributed by atoms with Crippen molar-refractivity contribution in [3.63, 3.8) is 0 Å². The number of rotatable bonds is 4. The highest BCUT2D eigenvalue weighted by Gasteiger charge is 2.38. The Morgan fingerprint density at radius 2 is 1.78 bits per heavy atom. The van der Waals surface area contributed by atoms with Crippen molar-refractivity contribution in [1.82, 2.24) is 4.90 Å². The van der Waals surface area contributed by atoms with Gasteiger partial charge in [0.05, 0.1) is 19.3 Å². The lowest BCUT2D eigenvalue weighted by molar-refractivity contribution is -0.0440. The summed E-state index contributed by atoms with van der Waals surface area (Å²) in [6.07, 6.45) is 10.1. The van der Waals surface area contributed by atoms with Crippen LogP contribution in [-0.2, 0) is 11.2 Å². The molecule has 3 fully saturated rings. The quantitative estimate of drug-likeness (QED) is 0.776. The largest absolute Gasteiger partial charge is 0.497 e. The summed E-state index contributed by atoms with van der Waals surface area (Å²) in [5.41, 5.74) is 1.48. The van der Waals surface area contributed by atoms with Gasteiger partial charge < -0.3 is 9.47 Å². The minimum Gasteiger partial charge on any atom is -0.497 e. The zero-order chi connectivity index (χ0) is 18.2. The van der Waals surface area contributed by atoms with E-state index in [9.17, 15) is 0 Å². The van der Waals surface area contributed by atoms with E-state index in [0.29, 0.717) is 12.2 Å². The lowest BCUT2D eigenvalue weighted by atomic mass is 9.88. The molecule has 3 saturated heterocycles. The van der Waals surface area contributed by atoms with Crippen LogP contribution in [0, 0.1) is 5.92 Å². The van der Waals surface area contributed by atoms with E-state index in [-0.39, 0.29) is 0 Å². The van der Waals surface area contributed by atoms with Gasteiger partial charge in [0.2, 0.25) is 0 Å². The average Bonchev–Trinajstić information content (AvgIpc) is 3.05. The molecule has 3 heterocycles. The third kappa shape index (κ3) is 3.72. The molecule has 0 amide bonds. The van der Waals surface area contributed by atoms with Crippen LogP contribution in [0.25, 0.3) is 10.8 Å². The smallest absolute Gasteiger partial charge is 0.119 e. The number of nitrogens with zero attached hydrogens (tertiary/aromatic N) is 1. The summed E-state index contributed by atoms with van der Waals surface area (Å²) in [6, 6.07) is 14.1. The molecule has 144 valence electrons. The van der Waals surface area contributed by atoms with Crippen LogP contribution < -0.4 is 4.74 Å². The van der Waals surface area contributed by atoms with Gasteiger partial charge in [0.15, 0.2) is 0 Å². The van der Waals surface area contributed by atoms with E-state index in [1.54, 1.807) is 7.11 Å². The Hall–Kier alpha value is -1.58. The molecule has 0 aromatic heterocycles. The van der Waals surface area contributed by atoms with Crippen molar-refractivity contribution in [3.05, 3.63) is 42.0 Å². The minimum absolute atomic E-state index is 0.548. The third-order valence-electron chi connectivity index (χ3n) is 6.97. The zero-order valence-electron chi connectivity index (χ0n) is 16.4. The second kappa shape index (κ2) is 7.44.